The van der Waals surface area contributed by atoms with E-state index in [1.54, 1.807) is 11.9 Å². The molecule has 0 spiro atoms. The van der Waals surface area contributed by atoms with Crippen molar-refractivity contribution in [2.45, 2.75) is 39.2 Å². The molecule has 0 saturated carbocycles. The molecule has 0 unspecified atom stereocenters. The van der Waals surface area contributed by atoms with E-state index < -0.39 is 6.43 Å². The van der Waals surface area contributed by atoms with Crippen LogP contribution < -0.4 is 16.0 Å². The van der Waals surface area contributed by atoms with Gasteiger partial charge in [0.2, 0.25) is 5.91 Å². The van der Waals surface area contributed by atoms with Crippen molar-refractivity contribution in [1.29, 1.82) is 0 Å². The van der Waals surface area contributed by atoms with Gasteiger partial charge in [0.05, 0.1) is 6.54 Å². The summed E-state index contributed by atoms with van der Waals surface area (Å²) in [7, 11) is 1.69. The molecule has 0 aromatic heterocycles. The van der Waals surface area contributed by atoms with E-state index in [2.05, 4.69) is 20.9 Å². The number of likely N-dealkylation sites (tertiary alicyclic amines) is 1. The van der Waals surface area contributed by atoms with E-state index in [0.29, 0.717) is 32.1 Å². The number of guanidine groups is 1. The van der Waals surface area contributed by atoms with Gasteiger partial charge >= 0.3 is 0 Å². The van der Waals surface area contributed by atoms with Crippen LogP contribution in [-0.4, -0.2) is 69.0 Å². The van der Waals surface area contributed by atoms with Crippen molar-refractivity contribution in [3.05, 3.63) is 0 Å². The quantitative estimate of drug-likeness (QED) is 0.364. The predicted molar refractivity (Wildman–Crippen MR) is 87.8 cm³/mol. The van der Waals surface area contributed by atoms with Crippen LogP contribution in [0.3, 0.4) is 0 Å². The van der Waals surface area contributed by atoms with Crippen LogP contribution in [0.5, 0.6) is 0 Å². The maximum atomic E-state index is 12.3. The van der Waals surface area contributed by atoms with E-state index >= 15 is 0 Å². The molecular formula is C15H29F2N5O. The molecule has 134 valence electrons. The Morgan fingerprint density at radius 1 is 1.22 bits per heavy atom. The molecule has 0 aromatic rings. The molecule has 1 fully saturated rings. The highest BCUT2D eigenvalue weighted by atomic mass is 19.3. The summed E-state index contributed by atoms with van der Waals surface area (Å²) in [5.74, 6) is 0.683. The third kappa shape index (κ3) is 8.11. The van der Waals surface area contributed by atoms with Crippen LogP contribution in [0.15, 0.2) is 4.99 Å². The maximum absolute atomic E-state index is 12.3. The predicted octanol–water partition coefficient (Wildman–Crippen LogP) is 0.653. The van der Waals surface area contributed by atoms with Gasteiger partial charge in [-0.3, -0.25) is 14.7 Å². The van der Waals surface area contributed by atoms with Crippen molar-refractivity contribution in [1.82, 2.24) is 20.9 Å². The first-order valence-electron chi connectivity index (χ1n) is 8.17. The van der Waals surface area contributed by atoms with Crippen molar-refractivity contribution in [3.63, 3.8) is 0 Å². The van der Waals surface area contributed by atoms with Crippen LogP contribution in [0.1, 0.15) is 26.7 Å². The minimum atomic E-state index is -2.27. The minimum absolute atomic E-state index is 0.0224. The number of aliphatic imine (C=N–C) groups is 1. The molecule has 0 atom stereocenters. The lowest BCUT2D eigenvalue weighted by atomic mass is 10.1. The van der Waals surface area contributed by atoms with Crippen LogP contribution in [-0.2, 0) is 4.79 Å². The molecule has 23 heavy (non-hydrogen) atoms. The number of hydrogen-bond acceptors (Lipinski definition) is 3. The van der Waals surface area contributed by atoms with Crippen LogP contribution in [0.25, 0.3) is 0 Å². The van der Waals surface area contributed by atoms with Gasteiger partial charge < -0.3 is 16.0 Å². The number of carbonyl (C=O) groups is 1. The molecule has 0 aliphatic carbocycles. The third-order valence-corrected chi connectivity index (χ3v) is 3.79. The Kier molecular flexibility index (Phi) is 8.83. The van der Waals surface area contributed by atoms with Crippen molar-refractivity contribution in [2.75, 3.05) is 39.8 Å². The number of piperidine rings is 1. The molecule has 1 heterocycles. The molecule has 1 saturated heterocycles. The second kappa shape index (κ2) is 10.4. The summed E-state index contributed by atoms with van der Waals surface area (Å²) in [6.07, 6.45) is -0.635. The summed E-state index contributed by atoms with van der Waals surface area (Å²) in [5, 5.41) is 9.27. The molecule has 6 nitrogen and oxygen atoms in total. The average molecular weight is 333 g/mol. The van der Waals surface area contributed by atoms with Gasteiger partial charge in [-0.05, 0) is 12.8 Å². The number of nitrogens with one attached hydrogen (secondary N) is 3. The van der Waals surface area contributed by atoms with Gasteiger partial charge in [0.25, 0.3) is 6.43 Å². The molecule has 0 radical (unpaired) electrons. The summed E-state index contributed by atoms with van der Waals surface area (Å²) in [4.78, 5) is 17.4. The first kappa shape index (κ1) is 19.6. The summed E-state index contributed by atoms with van der Waals surface area (Å²) in [6, 6.07) is 0.236. The monoisotopic (exact) mass is 333 g/mol. The minimum Gasteiger partial charge on any atom is -0.355 e. The lowest BCUT2D eigenvalue weighted by molar-refractivity contribution is -0.123. The van der Waals surface area contributed by atoms with E-state index in [1.807, 2.05) is 13.8 Å². The molecule has 1 rings (SSSR count). The first-order valence-corrected chi connectivity index (χ1v) is 8.17. The van der Waals surface area contributed by atoms with Crippen molar-refractivity contribution < 1.29 is 13.6 Å². The summed E-state index contributed by atoms with van der Waals surface area (Å²) in [6.45, 7) is 6.02. The fourth-order valence-corrected chi connectivity index (χ4v) is 2.41. The van der Waals surface area contributed by atoms with Gasteiger partial charge in [0.15, 0.2) is 5.96 Å². The lowest BCUT2D eigenvalue weighted by Gasteiger charge is -2.32. The zero-order valence-electron chi connectivity index (χ0n) is 14.2. The van der Waals surface area contributed by atoms with Gasteiger partial charge in [-0.1, -0.05) is 13.8 Å². The molecule has 0 aromatic carbocycles. The van der Waals surface area contributed by atoms with Gasteiger partial charge in [0, 0.05) is 45.2 Å². The van der Waals surface area contributed by atoms with E-state index in [4.69, 9.17) is 0 Å². The Morgan fingerprint density at radius 2 is 1.83 bits per heavy atom. The number of amides is 1. The second-order valence-electron chi connectivity index (χ2n) is 6.06. The maximum Gasteiger partial charge on any atom is 0.251 e. The zero-order chi connectivity index (χ0) is 17.2. The number of carbonyl (C=O) groups excluding carboxylic acids is 1. The van der Waals surface area contributed by atoms with Crippen molar-refractivity contribution >= 4 is 11.9 Å². The van der Waals surface area contributed by atoms with Gasteiger partial charge in [-0.25, -0.2) is 8.78 Å². The van der Waals surface area contributed by atoms with E-state index in [-0.39, 0.29) is 24.4 Å². The number of halogens is 2. The summed E-state index contributed by atoms with van der Waals surface area (Å²) >= 11 is 0. The molecule has 3 N–H and O–H groups in total. The van der Waals surface area contributed by atoms with Crippen LogP contribution in [0.4, 0.5) is 8.78 Å². The fraction of sp³-hybridized carbons (Fsp3) is 0.867. The largest absolute Gasteiger partial charge is 0.355 e. The normalized spacial score (nSPS) is 17.6. The van der Waals surface area contributed by atoms with Crippen LogP contribution in [0.2, 0.25) is 0 Å². The smallest absolute Gasteiger partial charge is 0.251 e. The summed E-state index contributed by atoms with van der Waals surface area (Å²) in [5.41, 5.74) is 0. The number of rotatable bonds is 7. The SMILES string of the molecule is CN=C(NCCNC(=O)C(C)C)NC1CCN(CC(F)F)CC1. The third-order valence-electron chi connectivity index (χ3n) is 3.79. The molecule has 0 bridgehead atoms. The van der Waals surface area contributed by atoms with Gasteiger partial charge in [0.1, 0.15) is 0 Å². The van der Waals surface area contributed by atoms with Gasteiger partial charge in [-0.15, -0.1) is 0 Å². The number of alkyl halides is 2. The number of nitrogens with zero attached hydrogens (tertiary/aromatic N) is 2. The fourth-order valence-electron chi connectivity index (χ4n) is 2.41. The molecular weight excluding hydrogens is 304 g/mol. The van der Waals surface area contributed by atoms with E-state index in [1.165, 1.54) is 0 Å². The number of hydrogen-bond donors (Lipinski definition) is 3. The van der Waals surface area contributed by atoms with E-state index in [9.17, 15) is 13.6 Å². The van der Waals surface area contributed by atoms with Crippen LogP contribution in [0, 0.1) is 5.92 Å². The Bertz CT molecular complexity index is 382. The lowest BCUT2D eigenvalue weighted by Crippen LogP contribution is -2.50. The van der Waals surface area contributed by atoms with Crippen molar-refractivity contribution in [3.8, 4) is 0 Å². The van der Waals surface area contributed by atoms with E-state index in [0.717, 1.165) is 12.8 Å². The highest BCUT2D eigenvalue weighted by Crippen LogP contribution is 2.11. The zero-order valence-corrected chi connectivity index (χ0v) is 14.2. The molecule has 1 amide bonds. The topological polar surface area (TPSA) is 68.8 Å². The Balaban J connectivity index is 2.21. The summed E-state index contributed by atoms with van der Waals surface area (Å²) < 4.78 is 24.7. The van der Waals surface area contributed by atoms with Gasteiger partial charge in [-0.2, -0.15) is 0 Å². The molecule has 8 heteroatoms. The average Bonchev–Trinajstić information content (AvgIpc) is 2.51. The second-order valence-corrected chi connectivity index (χ2v) is 6.06. The Hall–Kier alpha value is -1.44. The Morgan fingerprint density at radius 3 is 2.35 bits per heavy atom. The standard InChI is InChI=1S/C15H29F2N5O/c1-11(2)14(23)19-6-7-20-15(18-3)21-12-4-8-22(9-5-12)10-13(16)17/h11-13H,4-10H2,1-3H3,(H,19,23)(H2,18,20,21). The van der Waals surface area contributed by atoms with Crippen molar-refractivity contribution in [2.24, 2.45) is 10.9 Å². The first-order chi connectivity index (χ1) is 10.9. The van der Waals surface area contributed by atoms with Crippen LogP contribution >= 0.6 is 0 Å². The molecule has 1 aliphatic heterocycles. The highest BCUT2D eigenvalue weighted by molar-refractivity contribution is 5.80. The molecule has 1 aliphatic rings. The highest BCUT2D eigenvalue weighted by Gasteiger charge is 2.21. The Labute approximate surface area is 137 Å².